The number of carbonyl (C=O) groups excluding carboxylic acids is 2. The van der Waals surface area contributed by atoms with E-state index >= 15 is 0 Å². The molecule has 0 aromatic heterocycles. The van der Waals surface area contributed by atoms with E-state index in [-0.39, 0.29) is 29.4 Å². The van der Waals surface area contributed by atoms with E-state index in [1.165, 1.54) is 12.1 Å². The van der Waals surface area contributed by atoms with Gasteiger partial charge in [0, 0.05) is 0 Å². The number of ether oxygens (including phenoxy) is 2. The van der Waals surface area contributed by atoms with Gasteiger partial charge in [-0.2, -0.15) is 0 Å². The number of hydrogen-bond donors (Lipinski definition) is 0. The number of para-hydroxylation sites is 1. The number of halogens is 3. The minimum absolute atomic E-state index is 0.0302. The van der Waals surface area contributed by atoms with E-state index in [9.17, 15) is 14.0 Å². The SMILES string of the molecule is Cc1ccc(OC(=O)CCC(=O)Oc2c(F)cccc2Cl)c(Cl)c1. The van der Waals surface area contributed by atoms with Gasteiger partial charge in [-0.05, 0) is 36.8 Å². The fraction of sp³-hybridized carbons (Fsp3) is 0.176. The van der Waals surface area contributed by atoms with E-state index in [1.807, 2.05) is 6.92 Å². The summed E-state index contributed by atoms with van der Waals surface area (Å²) in [5.74, 6) is -2.37. The topological polar surface area (TPSA) is 52.6 Å². The van der Waals surface area contributed by atoms with Gasteiger partial charge in [-0.15, -0.1) is 0 Å². The zero-order valence-electron chi connectivity index (χ0n) is 12.6. The summed E-state index contributed by atoms with van der Waals surface area (Å²) in [4.78, 5) is 23.5. The van der Waals surface area contributed by atoms with Gasteiger partial charge in [0.25, 0.3) is 0 Å². The highest BCUT2D eigenvalue weighted by atomic mass is 35.5. The Labute approximate surface area is 148 Å². The molecule has 126 valence electrons. The average molecular weight is 371 g/mol. The molecule has 0 saturated heterocycles. The molecule has 0 aliphatic heterocycles. The zero-order valence-corrected chi connectivity index (χ0v) is 14.2. The number of rotatable bonds is 5. The lowest BCUT2D eigenvalue weighted by Crippen LogP contribution is -2.14. The molecule has 2 aromatic carbocycles. The Kier molecular flexibility index (Phi) is 6.17. The van der Waals surface area contributed by atoms with Crippen LogP contribution in [0.1, 0.15) is 18.4 Å². The third kappa shape index (κ3) is 4.94. The maximum absolute atomic E-state index is 13.5. The molecule has 0 bridgehead atoms. The van der Waals surface area contributed by atoms with E-state index in [4.69, 9.17) is 32.7 Å². The Hall–Kier alpha value is -2.11. The van der Waals surface area contributed by atoms with Crippen LogP contribution in [0.2, 0.25) is 10.0 Å². The molecule has 0 aliphatic rings. The van der Waals surface area contributed by atoms with Gasteiger partial charge in [0.05, 0.1) is 22.9 Å². The van der Waals surface area contributed by atoms with E-state index in [0.29, 0.717) is 5.02 Å². The lowest BCUT2D eigenvalue weighted by molar-refractivity contribution is -0.140. The first kappa shape index (κ1) is 18.2. The first-order valence-electron chi connectivity index (χ1n) is 6.98. The Bertz CT molecular complexity index is 757. The van der Waals surface area contributed by atoms with Crippen LogP contribution in [0, 0.1) is 12.7 Å². The van der Waals surface area contributed by atoms with Crippen molar-refractivity contribution in [2.75, 3.05) is 0 Å². The second-order valence-corrected chi connectivity index (χ2v) is 5.75. The molecule has 24 heavy (non-hydrogen) atoms. The van der Waals surface area contributed by atoms with Gasteiger partial charge in [0.2, 0.25) is 0 Å². The molecule has 2 rings (SSSR count). The molecular formula is C17H13Cl2FO4. The molecule has 0 unspecified atom stereocenters. The van der Waals surface area contributed by atoms with Crippen LogP contribution >= 0.6 is 23.2 Å². The number of hydrogen-bond acceptors (Lipinski definition) is 4. The van der Waals surface area contributed by atoms with Gasteiger partial charge in [-0.25, -0.2) is 4.39 Å². The second-order valence-electron chi connectivity index (χ2n) is 4.93. The third-order valence-electron chi connectivity index (χ3n) is 2.98. The van der Waals surface area contributed by atoms with E-state index in [1.54, 1.807) is 18.2 Å². The highest BCUT2D eigenvalue weighted by molar-refractivity contribution is 6.32. The summed E-state index contributed by atoms with van der Waals surface area (Å²) >= 11 is 11.7. The van der Waals surface area contributed by atoms with Crippen molar-refractivity contribution in [2.24, 2.45) is 0 Å². The summed E-state index contributed by atoms with van der Waals surface area (Å²) in [6, 6.07) is 8.84. The van der Waals surface area contributed by atoms with Crippen LogP contribution in [0.4, 0.5) is 4.39 Å². The van der Waals surface area contributed by atoms with Gasteiger partial charge >= 0.3 is 11.9 Å². The molecule has 0 saturated carbocycles. The third-order valence-corrected chi connectivity index (χ3v) is 3.57. The molecular weight excluding hydrogens is 358 g/mol. The van der Waals surface area contributed by atoms with Gasteiger partial charge in [-0.1, -0.05) is 35.3 Å². The summed E-state index contributed by atoms with van der Waals surface area (Å²) in [5, 5.41) is 0.265. The van der Waals surface area contributed by atoms with Crippen molar-refractivity contribution in [1.29, 1.82) is 0 Å². The molecule has 0 spiro atoms. The van der Waals surface area contributed by atoms with Crippen LogP contribution in [-0.4, -0.2) is 11.9 Å². The predicted molar refractivity (Wildman–Crippen MR) is 88.1 cm³/mol. The van der Waals surface area contributed by atoms with Crippen LogP contribution in [0.3, 0.4) is 0 Å². The number of carbonyl (C=O) groups is 2. The average Bonchev–Trinajstić information content (AvgIpc) is 2.52. The minimum atomic E-state index is -0.797. The largest absolute Gasteiger partial charge is 0.425 e. The van der Waals surface area contributed by atoms with Gasteiger partial charge < -0.3 is 9.47 Å². The van der Waals surface area contributed by atoms with Gasteiger partial charge in [0.15, 0.2) is 11.6 Å². The van der Waals surface area contributed by atoms with Crippen LogP contribution in [0.5, 0.6) is 11.5 Å². The van der Waals surface area contributed by atoms with Crippen LogP contribution in [-0.2, 0) is 9.59 Å². The molecule has 0 amide bonds. The normalized spacial score (nSPS) is 10.3. The number of benzene rings is 2. The molecule has 0 aliphatic carbocycles. The first-order valence-corrected chi connectivity index (χ1v) is 7.74. The molecule has 0 radical (unpaired) electrons. The van der Waals surface area contributed by atoms with Crippen LogP contribution < -0.4 is 9.47 Å². The highest BCUT2D eigenvalue weighted by Crippen LogP contribution is 2.28. The second kappa shape index (κ2) is 8.13. The maximum atomic E-state index is 13.5. The zero-order chi connectivity index (χ0) is 17.7. The summed E-state index contributed by atoms with van der Waals surface area (Å²) in [6.45, 7) is 1.85. The number of aryl methyl sites for hydroxylation is 1. The van der Waals surface area contributed by atoms with Gasteiger partial charge in [0.1, 0.15) is 5.75 Å². The van der Waals surface area contributed by atoms with Crippen molar-refractivity contribution >= 4 is 35.1 Å². The summed E-state index contributed by atoms with van der Waals surface area (Å²) in [6.07, 6.45) is -0.526. The van der Waals surface area contributed by atoms with Crippen LogP contribution in [0.25, 0.3) is 0 Å². The lowest BCUT2D eigenvalue weighted by Gasteiger charge is -2.08. The van der Waals surface area contributed by atoms with E-state index < -0.39 is 17.8 Å². The van der Waals surface area contributed by atoms with Crippen molar-refractivity contribution in [3.63, 3.8) is 0 Å². The standard InChI is InChI=1S/C17H13Cl2FO4/c1-10-5-6-14(12(19)9-10)23-15(21)7-8-16(22)24-17-11(18)3-2-4-13(17)20/h2-6,9H,7-8H2,1H3. The monoisotopic (exact) mass is 370 g/mol. The Morgan fingerprint density at radius 1 is 1.00 bits per heavy atom. The summed E-state index contributed by atoms with van der Waals surface area (Å²) in [5.41, 5.74) is 0.921. The van der Waals surface area contributed by atoms with E-state index in [0.717, 1.165) is 11.6 Å². The molecule has 7 heteroatoms. The molecule has 2 aromatic rings. The van der Waals surface area contributed by atoms with Crippen molar-refractivity contribution in [3.8, 4) is 11.5 Å². The molecule has 4 nitrogen and oxygen atoms in total. The smallest absolute Gasteiger partial charge is 0.311 e. The summed E-state index contributed by atoms with van der Waals surface area (Å²) < 4.78 is 23.4. The first-order chi connectivity index (χ1) is 11.4. The van der Waals surface area contributed by atoms with Crippen molar-refractivity contribution in [3.05, 3.63) is 57.8 Å². The fourth-order valence-electron chi connectivity index (χ4n) is 1.81. The van der Waals surface area contributed by atoms with Gasteiger partial charge in [-0.3, -0.25) is 9.59 Å². The lowest BCUT2D eigenvalue weighted by atomic mass is 10.2. The quantitative estimate of drug-likeness (QED) is 0.563. The van der Waals surface area contributed by atoms with Crippen molar-refractivity contribution in [1.82, 2.24) is 0 Å². The Balaban J connectivity index is 1.88. The Morgan fingerprint density at radius 3 is 2.29 bits per heavy atom. The van der Waals surface area contributed by atoms with E-state index in [2.05, 4.69) is 0 Å². The van der Waals surface area contributed by atoms with Crippen molar-refractivity contribution in [2.45, 2.75) is 19.8 Å². The molecule has 0 heterocycles. The minimum Gasteiger partial charge on any atom is -0.425 e. The molecule has 0 fully saturated rings. The number of esters is 2. The predicted octanol–water partition coefficient (Wildman–Crippen LogP) is 4.73. The summed E-state index contributed by atoms with van der Waals surface area (Å²) in [7, 11) is 0. The Morgan fingerprint density at radius 2 is 1.67 bits per heavy atom. The fourth-order valence-corrected chi connectivity index (χ4v) is 2.29. The van der Waals surface area contributed by atoms with Crippen LogP contribution in [0.15, 0.2) is 36.4 Å². The highest BCUT2D eigenvalue weighted by Gasteiger charge is 2.16. The molecule has 0 atom stereocenters. The van der Waals surface area contributed by atoms with Crippen molar-refractivity contribution < 1.29 is 23.5 Å². The molecule has 0 N–H and O–H groups in total. The maximum Gasteiger partial charge on any atom is 0.311 e.